The Kier molecular flexibility index (Phi) is 4.98. The van der Waals surface area contributed by atoms with E-state index in [0.29, 0.717) is 5.92 Å². The van der Waals surface area contributed by atoms with Gasteiger partial charge in [0.25, 0.3) is 0 Å². The molecule has 66 valence electrons. The molecule has 0 aromatic rings. The zero-order valence-electron chi connectivity index (χ0n) is 8.43. The topological polar surface area (TPSA) is 12.5 Å². The van der Waals surface area contributed by atoms with Crippen LogP contribution in [0.2, 0.25) is 0 Å². The molecule has 2 nitrogen and oxygen atoms in total. The molecule has 11 heavy (non-hydrogen) atoms. The number of rotatable bonds is 4. The van der Waals surface area contributed by atoms with Gasteiger partial charge in [0.15, 0.2) is 0 Å². The van der Waals surface area contributed by atoms with Crippen LogP contribution in [0.4, 0.5) is 0 Å². The van der Waals surface area contributed by atoms with Crippen LogP contribution in [0.1, 0.15) is 27.7 Å². The third-order valence-corrected chi connectivity index (χ3v) is 4.69. The van der Waals surface area contributed by atoms with Gasteiger partial charge < -0.3 is 0 Å². The van der Waals surface area contributed by atoms with Crippen molar-refractivity contribution in [3.8, 4) is 0 Å². The molecule has 0 saturated heterocycles. The van der Waals surface area contributed by atoms with E-state index in [0.717, 1.165) is 0 Å². The zero-order valence-corrected chi connectivity index (χ0v) is 11.3. The van der Waals surface area contributed by atoms with E-state index in [1.54, 1.807) is 0 Å². The van der Waals surface area contributed by atoms with Crippen LogP contribution in [0.3, 0.4) is 0 Å². The first-order chi connectivity index (χ1) is 4.86. The molecule has 0 amide bonds. The summed E-state index contributed by atoms with van der Waals surface area (Å²) in [6.07, 6.45) is 0. The molecule has 0 spiro atoms. The van der Waals surface area contributed by atoms with E-state index in [9.17, 15) is 0 Å². The first kappa shape index (κ1) is 11.7. The number of hydrogen-bond donors (Lipinski definition) is 0. The Balaban J connectivity index is 3.73. The zero-order chi connectivity index (χ0) is 9.07. The molecule has 0 unspecified atom stereocenters. The summed E-state index contributed by atoms with van der Waals surface area (Å²) in [5.74, 6) is 0.600. The predicted octanol–water partition coefficient (Wildman–Crippen LogP) is 1.53. The Bertz CT molecular complexity index is 113. The van der Waals surface area contributed by atoms with Crippen LogP contribution in [0.25, 0.3) is 0 Å². The van der Waals surface area contributed by atoms with Crippen LogP contribution in [0.5, 0.6) is 0 Å². The van der Waals surface area contributed by atoms with Crippen LogP contribution in [-0.4, -0.2) is 44.6 Å². The Hall–Kier alpha value is 0.719. The van der Waals surface area contributed by atoms with Gasteiger partial charge in [0.1, 0.15) is 0 Å². The Morgan fingerprint density at radius 1 is 1.27 bits per heavy atom. The Morgan fingerprint density at radius 2 is 1.73 bits per heavy atom. The monoisotopic (exact) mass is 265 g/mol. The molecule has 0 aromatic carbocycles. The van der Waals surface area contributed by atoms with Gasteiger partial charge in [-0.1, -0.05) is 0 Å². The molecule has 0 heterocycles. The van der Waals surface area contributed by atoms with Gasteiger partial charge >= 0.3 is 81.3 Å². The summed E-state index contributed by atoms with van der Waals surface area (Å²) in [4.78, 5) is 0. The van der Waals surface area contributed by atoms with Crippen LogP contribution >= 0.6 is 0 Å². The van der Waals surface area contributed by atoms with Gasteiger partial charge in [-0.25, -0.2) is 0 Å². The summed E-state index contributed by atoms with van der Waals surface area (Å²) in [6.45, 7) is 8.74. The van der Waals surface area contributed by atoms with Crippen molar-refractivity contribution < 1.29 is 3.07 Å². The predicted molar refractivity (Wildman–Crippen MR) is 49.4 cm³/mol. The van der Waals surface area contributed by atoms with Crippen molar-refractivity contribution in [1.29, 1.82) is 0 Å². The van der Waals surface area contributed by atoms with Gasteiger partial charge in [-0.15, -0.1) is 0 Å². The van der Waals surface area contributed by atoms with E-state index in [2.05, 4.69) is 44.9 Å². The third-order valence-electron chi connectivity index (χ3n) is 1.88. The molecule has 0 atom stereocenters. The molecular formula is C8H19NOSn. The average molecular weight is 264 g/mol. The molecular weight excluding hydrogens is 245 g/mol. The Labute approximate surface area is 81.4 Å². The van der Waals surface area contributed by atoms with Crippen molar-refractivity contribution in [2.75, 3.05) is 14.1 Å². The molecule has 0 aliphatic rings. The summed E-state index contributed by atoms with van der Waals surface area (Å²) in [7, 11) is 4.17. The SMILES string of the molecule is CC(C)C(C)(C)[O][Sn][N](C)C. The fraction of sp³-hybridized carbons (Fsp3) is 1.00. The second kappa shape index (κ2) is 4.67. The summed E-state index contributed by atoms with van der Waals surface area (Å²) in [6, 6.07) is 0. The fourth-order valence-electron chi connectivity index (χ4n) is 0.327. The maximum atomic E-state index is 5.85. The molecule has 0 aliphatic heterocycles. The Morgan fingerprint density at radius 3 is 2.00 bits per heavy atom. The summed E-state index contributed by atoms with van der Waals surface area (Å²) in [5.41, 5.74) is 0.0659. The molecule has 2 radical (unpaired) electrons. The van der Waals surface area contributed by atoms with E-state index in [1.165, 1.54) is 0 Å². The van der Waals surface area contributed by atoms with Gasteiger partial charge in [-0.2, -0.15) is 0 Å². The molecule has 0 N–H and O–H groups in total. The standard InChI is InChI=1S/C6H13O.C2H6N.Sn/c1-5(2)6(3,4)7;1-3-2;/h5H,1-4H3;1-2H3;/q2*-1;+2. The first-order valence-corrected chi connectivity index (χ1v) is 6.41. The van der Waals surface area contributed by atoms with E-state index in [1.807, 2.05) is 0 Å². The normalized spacial score (nSPS) is 13.1. The molecule has 0 aliphatic carbocycles. The maximum absolute atomic E-state index is 5.85. The van der Waals surface area contributed by atoms with Crippen molar-refractivity contribution in [2.45, 2.75) is 33.3 Å². The summed E-state index contributed by atoms with van der Waals surface area (Å²) in [5, 5.41) is 0. The third kappa shape index (κ3) is 5.04. The first-order valence-electron chi connectivity index (χ1n) is 3.97. The van der Waals surface area contributed by atoms with Crippen LogP contribution in [0, 0.1) is 5.92 Å². The van der Waals surface area contributed by atoms with Gasteiger partial charge in [0.2, 0.25) is 0 Å². The van der Waals surface area contributed by atoms with E-state index < -0.39 is 21.8 Å². The van der Waals surface area contributed by atoms with Gasteiger partial charge in [0, 0.05) is 0 Å². The van der Waals surface area contributed by atoms with Crippen molar-refractivity contribution >= 4 is 21.8 Å². The molecule has 0 fully saturated rings. The van der Waals surface area contributed by atoms with Gasteiger partial charge in [0.05, 0.1) is 0 Å². The second-order valence-corrected chi connectivity index (χ2v) is 7.50. The fourth-order valence-corrected chi connectivity index (χ4v) is 2.19. The van der Waals surface area contributed by atoms with E-state index in [-0.39, 0.29) is 5.60 Å². The average Bonchev–Trinajstić information content (AvgIpc) is 1.84. The van der Waals surface area contributed by atoms with Crippen molar-refractivity contribution in [1.82, 2.24) is 3.12 Å². The van der Waals surface area contributed by atoms with E-state index in [4.69, 9.17) is 3.07 Å². The van der Waals surface area contributed by atoms with Crippen molar-refractivity contribution in [3.63, 3.8) is 0 Å². The minimum atomic E-state index is -0.729. The van der Waals surface area contributed by atoms with E-state index >= 15 is 0 Å². The van der Waals surface area contributed by atoms with Crippen molar-refractivity contribution in [3.05, 3.63) is 0 Å². The quantitative estimate of drug-likeness (QED) is 0.714. The van der Waals surface area contributed by atoms with Crippen molar-refractivity contribution in [2.24, 2.45) is 5.92 Å². The molecule has 0 bridgehead atoms. The summed E-state index contributed by atoms with van der Waals surface area (Å²) < 4.78 is 8.05. The molecule has 0 aromatic heterocycles. The number of hydrogen-bond acceptors (Lipinski definition) is 2. The number of nitrogens with zero attached hydrogens (tertiary/aromatic N) is 1. The van der Waals surface area contributed by atoms with Gasteiger partial charge in [-0.05, 0) is 0 Å². The van der Waals surface area contributed by atoms with Gasteiger partial charge in [-0.3, -0.25) is 0 Å². The minimum absolute atomic E-state index is 0.0659. The van der Waals surface area contributed by atoms with Crippen LogP contribution in [0.15, 0.2) is 0 Å². The molecule has 0 rings (SSSR count). The van der Waals surface area contributed by atoms with Crippen LogP contribution < -0.4 is 0 Å². The second-order valence-electron chi connectivity index (χ2n) is 3.85. The summed E-state index contributed by atoms with van der Waals surface area (Å²) >= 11 is -0.729. The molecule has 3 heteroatoms. The van der Waals surface area contributed by atoms with Crippen LogP contribution in [-0.2, 0) is 3.07 Å². The molecule has 0 saturated carbocycles.